The molecule has 0 aromatic heterocycles. The van der Waals surface area contributed by atoms with Crippen LogP contribution in [0.15, 0.2) is 11.6 Å². The number of rotatable bonds is 2. The molecule has 4 rings (SSSR count). The third kappa shape index (κ3) is 2.13. The molecule has 144 valence electrons. The molecule has 0 heterocycles. The largest absolute Gasteiger partial charge is 0.393 e. The summed E-state index contributed by atoms with van der Waals surface area (Å²) in [5.41, 5.74) is -1.48. The van der Waals surface area contributed by atoms with Crippen LogP contribution in [0.4, 0.5) is 4.39 Å². The van der Waals surface area contributed by atoms with Gasteiger partial charge in [-0.25, -0.2) is 4.39 Å². The van der Waals surface area contributed by atoms with Gasteiger partial charge in [-0.2, -0.15) is 0 Å². The predicted molar refractivity (Wildman–Crippen MR) is 94.0 cm³/mol. The Balaban J connectivity index is 1.74. The number of carbonyl (C=O) groups is 2. The van der Waals surface area contributed by atoms with Crippen molar-refractivity contribution in [1.29, 1.82) is 0 Å². The fraction of sp³-hybridized carbons (Fsp3) is 0.810. The molecule has 0 aromatic carbocycles. The van der Waals surface area contributed by atoms with E-state index in [9.17, 15) is 24.2 Å². The summed E-state index contributed by atoms with van der Waals surface area (Å²) >= 11 is 0. The van der Waals surface area contributed by atoms with E-state index in [1.54, 1.807) is 6.08 Å². The topological polar surface area (TPSA) is 74.6 Å². The summed E-state index contributed by atoms with van der Waals surface area (Å²) in [6.45, 7) is 2.88. The standard InChI is InChI=1S/C21H29FO4/c1-19-7-5-13(23)9-12(19)3-4-14-15-6-8-21(26,17(25)11-22)20(15,2)10-16(24)18(14)19/h9,14-16,18,24,26H,3-8,10-11H2,1-2H3/t14-,15-,16+,18+,19-,20-,21-/m0/s1. The maximum absolute atomic E-state index is 13.2. The van der Waals surface area contributed by atoms with Crippen molar-refractivity contribution in [3.8, 4) is 0 Å². The highest BCUT2D eigenvalue weighted by Crippen LogP contribution is 2.67. The van der Waals surface area contributed by atoms with Crippen LogP contribution in [0.2, 0.25) is 0 Å². The Morgan fingerprint density at radius 1 is 1.27 bits per heavy atom. The van der Waals surface area contributed by atoms with Crippen LogP contribution in [0.1, 0.15) is 58.8 Å². The maximum Gasteiger partial charge on any atom is 0.195 e. The number of Topliss-reactive ketones (excluding diaryl/α,β-unsaturated/α-hetero) is 1. The van der Waals surface area contributed by atoms with Gasteiger partial charge in [-0.3, -0.25) is 9.59 Å². The Morgan fingerprint density at radius 3 is 2.69 bits per heavy atom. The van der Waals surface area contributed by atoms with Crippen molar-refractivity contribution in [1.82, 2.24) is 0 Å². The molecule has 0 aromatic rings. The minimum absolute atomic E-state index is 0.0384. The highest BCUT2D eigenvalue weighted by atomic mass is 19.1. The van der Waals surface area contributed by atoms with Crippen molar-refractivity contribution < 1.29 is 24.2 Å². The maximum atomic E-state index is 13.2. The quantitative estimate of drug-likeness (QED) is 0.790. The summed E-state index contributed by atoms with van der Waals surface area (Å²) in [4.78, 5) is 24.1. The number of carbonyl (C=O) groups excluding carboxylic acids is 2. The molecule has 26 heavy (non-hydrogen) atoms. The van der Waals surface area contributed by atoms with E-state index < -0.39 is 29.6 Å². The number of hydrogen-bond acceptors (Lipinski definition) is 4. The van der Waals surface area contributed by atoms with Crippen molar-refractivity contribution in [3.63, 3.8) is 0 Å². The normalized spacial score (nSPS) is 50.5. The van der Waals surface area contributed by atoms with Crippen molar-refractivity contribution in [2.45, 2.75) is 70.5 Å². The number of ketones is 2. The molecule has 5 heteroatoms. The third-order valence-corrected chi connectivity index (χ3v) is 8.63. The molecule has 2 N–H and O–H groups in total. The molecular formula is C21H29FO4. The van der Waals surface area contributed by atoms with Crippen LogP contribution in [0.25, 0.3) is 0 Å². The van der Waals surface area contributed by atoms with E-state index in [0.717, 1.165) is 24.8 Å². The van der Waals surface area contributed by atoms with Gasteiger partial charge in [0, 0.05) is 11.8 Å². The van der Waals surface area contributed by atoms with E-state index in [1.165, 1.54) is 0 Å². The number of aliphatic hydroxyl groups excluding tert-OH is 1. The second kappa shape index (κ2) is 5.71. The van der Waals surface area contributed by atoms with E-state index >= 15 is 0 Å². The van der Waals surface area contributed by atoms with Gasteiger partial charge in [0.25, 0.3) is 0 Å². The van der Waals surface area contributed by atoms with Crippen LogP contribution in [0.5, 0.6) is 0 Å². The minimum atomic E-state index is -1.67. The lowest BCUT2D eigenvalue weighted by molar-refractivity contribution is -0.181. The molecule has 3 saturated carbocycles. The number of allylic oxidation sites excluding steroid dienone is 1. The van der Waals surface area contributed by atoms with Gasteiger partial charge in [-0.15, -0.1) is 0 Å². The first kappa shape index (κ1) is 18.3. The van der Waals surface area contributed by atoms with Gasteiger partial charge in [-0.1, -0.05) is 19.4 Å². The number of alkyl halides is 1. The smallest absolute Gasteiger partial charge is 0.195 e. The SMILES string of the molecule is C[C@]12CCC(=O)C=C1CC[C@@H]1[C@@H]2[C@H](O)C[C@@]2(C)[C@H]1CC[C@]2(O)C(=O)CF. The van der Waals surface area contributed by atoms with Crippen LogP contribution < -0.4 is 0 Å². The fourth-order valence-electron chi connectivity index (χ4n) is 7.26. The first-order valence-corrected chi connectivity index (χ1v) is 9.91. The fourth-order valence-corrected chi connectivity index (χ4v) is 7.26. The third-order valence-electron chi connectivity index (χ3n) is 8.63. The zero-order valence-corrected chi connectivity index (χ0v) is 15.6. The summed E-state index contributed by atoms with van der Waals surface area (Å²) in [6, 6.07) is 0. The van der Waals surface area contributed by atoms with Gasteiger partial charge < -0.3 is 10.2 Å². The lowest BCUT2D eigenvalue weighted by Gasteiger charge is -2.60. The Kier molecular flexibility index (Phi) is 4.02. The van der Waals surface area contributed by atoms with Gasteiger partial charge in [-0.05, 0) is 67.8 Å². The summed E-state index contributed by atoms with van der Waals surface area (Å²) in [7, 11) is 0. The monoisotopic (exact) mass is 364 g/mol. The van der Waals surface area contributed by atoms with Gasteiger partial charge in [0.15, 0.2) is 18.2 Å². The predicted octanol–water partition coefficient (Wildman–Crippen LogP) is 2.76. The number of halogens is 1. The number of fused-ring (bicyclic) bond motifs is 5. The van der Waals surface area contributed by atoms with E-state index in [-0.39, 0.29) is 35.4 Å². The van der Waals surface area contributed by atoms with Crippen LogP contribution in [-0.2, 0) is 9.59 Å². The lowest BCUT2D eigenvalue weighted by Crippen LogP contribution is -2.61. The van der Waals surface area contributed by atoms with Crippen molar-refractivity contribution in [2.75, 3.05) is 6.67 Å². The van der Waals surface area contributed by atoms with Gasteiger partial charge in [0.05, 0.1) is 6.10 Å². The first-order chi connectivity index (χ1) is 12.2. The molecule has 3 fully saturated rings. The van der Waals surface area contributed by atoms with E-state index in [1.807, 2.05) is 6.92 Å². The lowest BCUT2D eigenvalue weighted by atomic mass is 9.45. The summed E-state index contributed by atoms with van der Waals surface area (Å²) in [6.07, 6.45) is 5.39. The number of aliphatic hydroxyl groups is 2. The second-order valence-electron chi connectivity index (χ2n) is 9.53. The van der Waals surface area contributed by atoms with Crippen LogP contribution >= 0.6 is 0 Å². The molecule has 0 amide bonds. The molecule has 0 spiro atoms. The molecule has 4 aliphatic rings. The molecule has 0 unspecified atom stereocenters. The Bertz CT molecular complexity index is 687. The van der Waals surface area contributed by atoms with Crippen LogP contribution in [0, 0.1) is 28.6 Å². The van der Waals surface area contributed by atoms with Gasteiger partial charge >= 0.3 is 0 Å². The average Bonchev–Trinajstić information content (AvgIpc) is 2.86. The Morgan fingerprint density at radius 2 is 2.00 bits per heavy atom. The molecular weight excluding hydrogens is 335 g/mol. The molecule has 0 aliphatic heterocycles. The van der Waals surface area contributed by atoms with E-state index in [2.05, 4.69) is 6.92 Å². The van der Waals surface area contributed by atoms with Crippen LogP contribution in [0.3, 0.4) is 0 Å². The van der Waals surface area contributed by atoms with Gasteiger partial charge in [0.2, 0.25) is 0 Å². The Labute approximate surface area is 153 Å². The Hall–Kier alpha value is -1.07. The average molecular weight is 364 g/mol. The highest BCUT2D eigenvalue weighted by molar-refractivity contribution is 5.91. The first-order valence-electron chi connectivity index (χ1n) is 9.91. The minimum Gasteiger partial charge on any atom is -0.393 e. The van der Waals surface area contributed by atoms with E-state index in [4.69, 9.17) is 0 Å². The molecule has 0 bridgehead atoms. The van der Waals surface area contributed by atoms with Crippen molar-refractivity contribution in [2.24, 2.45) is 28.6 Å². The summed E-state index contributed by atoms with van der Waals surface area (Å²) in [5.74, 6) is -0.224. The van der Waals surface area contributed by atoms with Crippen molar-refractivity contribution in [3.05, 3.63) is 11.6 Å². The zero-order chi connectivity index (χ0) is 18.9. The summed E-state index contributed by atoms with van der Waals surface area (Å²) < 4.78 is 13.2. The second-order valence-corrected chi connectivity index (χ2v) is 9.53. The molecule has 0 saturated heterocycles. The van der Waals surface area contributed by atoms with Gasteiger partial charge in [0.1, 0.15) is 5.60 Å². The number of hydrogen-bond donors (Lipinski definition) is 2. The summed E-state index contributed by atoms with van der Waals surface area (Å²) in [5, 5.41) is 22.2. The van der Waals surface area contributed by atoms with E-state index in [0.29, 0.717) is 19.3 Å². The van der Waals surface area contributed by atoms with Crippen LogP contribution in [-0.4, -0.2) is 40.2 Å². The molecule has 4 aliphatic carbocycles. The molecule has 0 radical (unpaired) electrons. The zero-order valence-electron chi connectivity index (χ0n) is 15.6. The van der Waals surface area contributed by atoms with Crippen molar-refractivity contribution >= 4 is 11.6 Å². The molecule has 4 nitrogen and oxygen atoms in total. The molecule has 7 atom stereocenters. The highest BCUT2D eigenvalue weighted by Gasteiger charge is 2.68.